The van der Waals surface area contributed by atoms with Crippen molar-refractivity contribution in [3.63, 3.8) is 0 Å². The number of imidazole rings is 2. The van der Waals surface area contributed by atoms with E-state index in [0.717, 1.165) is 39.4 Å². The Balaban J connectivity index is 1.45. The second kappa shape index (κ2) is 9.38. The maximum absolute atomic E-state index is 5.59. The van der Waals surface area contributed by atoms with Gasteiger partial charge in [-0.1, -0.05) is 0 Å². The molecule has 0 aliphatic rings. The molecule has 0 radical (unpaired) electrons. The molecule has 2 aromatic rings. The van der Waals surface area contributed by atoms with Crippen LogP contribution in [0, 0.1) is 0 Å². The van der Waals surface area contributed by atoms with E-state index in [0.29, 0.717) is 13.2 Å². The van der Waals surface area contributed by atoms with Crippen molar-refractivity contribution in [1.82, 2.24) is 9.13 Å². The van der Waals surface area contributed by atoms with E-state index in [1.54, 1.807) is 0 Å². The van der Waals surface area contributed by atoms with Gasteiger partial charge in [-0.3, -0.25) is 0 Å². The highest BCUT2D eigenvalue weighted by Gasteiger charge is 2.02. The predicted octanol–water partition coefficient (Wildman–Crippen LogP) is 0.638. The van der Waals surface area contributed by atoms with Crippen LogP contribution in [0.15, 0.2) is 37.4 Å². The van der Waals surface area contributed by atoms with Crippen LogP contribution in [0.25, 0.3) is 0 Å². The number of aryl methyl sites for hydroxylation is 2. The summed E-state index contributed by atoms with van der Waals surface area (Å²) in [5, 5.41) is 0. The molecule has 2 heterocycles. The van der Waals surface area contributed by atoms with Crippen LogP contribution in [0.1, 0.15) is 13.8 Å². The molecule has 2 aromatic heterocycles. The SMILES string of the molecule is CCn1cc[n+](CCOCCOCC[n+]2ccn(CC)c2)c1. The predicted molar refractivity (Wildman–Crippen MR) is 82.2 cm³/mol. The zero-order valence-corrected chi connectivity index (χ0v) is 13.7. The molecule has 6 nitrogen and oxygen atoms in total. The van der Waals surface area contributed by atoms with Gasteiger partial charge in [-0.25, -0.2) is 18.3 Å². The fraction of sp³-hybridized carbons (Fsp3) is 0.625. The minimum Gasteiger partial charge on any atom is -0.375 e. The van der Waals surface area contributed by atoms with Gasteiger partial charge in [-0.2, -0.15) is 0 Å². The zero-order chi connectivity index (χ0) is 15.6. The molecule has 0 fully saturated rings. The number of aromatic nitrogens is 4. The molecule has 2 rings (SSSR count). The lowest BCUT2D eigenvalue weighted by Gasteiger charge is -2.04. The lowest BCUT2D eigenvalue weighted by molar-refractivity contribution is -0.698. The third kappa shape index (κ3) is 5.61. The number of nitrogens with zero attached hydrogens (tertiary/aromatic N) is 4. The quantitative estimate of drug-likeness (QED) is 0.451. The number of hydrogen-bond acceptors (Lipinski definition) is 2. The number of rotatable bonds is 11. The molecule has 0 aromatic carbocycles. The van der Waals surface area contributed by atoms with Crippen molar-refractivity contribution in [2.24, 2.45) is 0 Å². The minimum atomic E-state index is 0.648. The van der Waals surface area contributed by atoms with Crippen molar-refractivity contribution >= 4 is 0 Å². The standard InChI is InChI=1S/C16H28N4O2/c1-3-17-5-7-19(15-17)9-11-21-13-14-22-12-10-20-8-6-18(4-2)16-20/h5-8,15-16H,3-4,9-14H2,1-2H3/q+2. The van der Waals surface area contributed by atoms with Crippen LogP contribution in [-0.4, -0.2) is 35.6 Å². The van der Waals surface area contributed by atoms with Gasteiger partial charge in [0.15, 0.2) is 0 Å². The summed E-state index contributed by atoms with van der Waals surface area (Å²) in [5.74, 6) is 0. The normalized spacial score (nSPS) is 11.2. The Kier molecular flexibility index (Phi) is 7.12. The Hall–Kier alpha value is -1.66. The van der Waals surface area contributed by atoms with Crippen molar-refractivity contribution in [2.45, 2.75) is 40.0 Å². The van der Waals surface area contributed by atoms with Crippen molar-refractivity contribution in [3.05, 3.63) is 37.4 Å². The first-order valence-electron chi connectivity index (χ1n) is 8.07. The van der Waals surface area contributed by atoms with E-state index in [1.165, 1.54) is 0 Å². The van der Waals surface area contributed by atoms with E-state index < -0.39 is 0 Å². The molecule has 0 N–H and O–H groups in total. The molecule has 0 saturated carbocycles. The van der Waals surface area contributed by atoms with E-state index in [2.05, 4.69) is 69.6 Å². The molecule has 0 aliphatic heterocycles. The molecule has 0 spiro atoms. The Morgan fingerprint density at radius 2 is 1.18 bits per heavy atom. The second-order valence-corrected chi connectivity index (χ2v) is 5.19. The maximum Gasteiger partial charge on any atom is 0.243 e. The van der Waals surface area contributed by atoms with Crippen molar-refractivity contribution in [1.29, 1.82) is 0 Å². The molecule has 0 amide bonds. The minimum absolute atomic E-state index is 0.648. The summed E-state index contributed by atoms with van der Waals surface area (Å²) in [6.45, 7) is 10.8. The topological polar surface area (TPSA) is 36.1 Å². The van der Waals surface area contributed by atoms with E-state index in [1.807, 2.05) is 0 Å². The monoisotopic (exact) mass is 308 g/mol. The van der Waals surface area contributed by atoms with Crippen LogP contribution >= 0.6 is 0 Å². The second-order valence-electron chi connectivity index (χ2n) is 5.19. The summed E-state index contributed by atoms with van der Waals surface area (Å²) in [7, 11) is 0. The lowest BCUT2D eigenvalue weighted by Crippen LogP contribution is -2.34. The smallest absolute Gasteiger partial charge is 0.243 e. The van der Waals surface area contributed by atoms with Crippen molar-refractivity contribution in [2.75, 3.05) is 26.4 Å². The third-order valence-corrected chi connectivity index (χ3v) is 3.58. The van der Waals surface area contributed by atoms with Crippen LogP contribution < -0.4 is 9.13 Å². The Morgan fingerprint density at radius 1 is 0.727 bits per heavy atom. The first kappa shape index (κ1) is 16.7. The molecular formula is C16H28N4O2+2. The van der Waals surface area contributed by atoms with Crippen LogP contribution in [0.5, 0.6) is 0 Å². The fourth-order valence-electron chi connectivity index (χ4n) is 2.18. The first-order valence-corrected chi connectivity index (χ1v) is 8.07. The van der Waals surface area contributed by atoms with Crippen LogP contribution in [-0.2, 0) is 35.7 Å². The van der Waals surface area contributed by atoms with Gasteiger partial charge >= 0.3 is 0 Å². The van der Waals surface area contributed by atoms with Gasteiger partial charge in [0.25, 0.3) is 0 Å². The van der Waals surface area contributed by atoms with Gasteiger partial charge in [0, 0.05) is 0 Å². The van der Waals surface area contributed by atoms with Crippen molar-refractivity contribution < 1.29 is 18.6 Å². The van der Waals surface area contributed by atoms with Gasteiger partial charge in [-0.05, 0) is 13.8 Å². The van der Waals surface area contributed by atoms with E-state index in [-0.39, 0.29) is 0 Å². The van der Waals surface area contributed by atoms with Crippen LogP contribution in [0.3, 0.4) is 0 Å². The number of hydrogen-bond donors (Lipinski definition) is 0. The first-order chi connectivity index (χ1) is 10.8. The van der Waals surface area contributed by atoms with Gasteiger partial charge in [0.05, 0.1) is 39.5 Å². The van der Waals surface area contributed by atoms with Gasteiger partial charge < -0.3 is 9.47 Å². The highest BCUT2D eigenvalue weighted by atomic mass is 16.5. The number of ether oxygens (including phenoxy) is 2. The van der Waals surface area contributed by atoms with Gasteiger partial charge in [-0.15, -0.1) is 0 Å². The summed E-state index contributed by atoms with van der Waals surface area (Å²) in [6, 6.07) is 0. The van der Waals surface area contributed by atoms with Crippen molar-refractivity contribution in [3.8, 4) is 0 Å². The molecule has 0 atom stereocenters. The fourth-order valence-corrected chi connectivity index (χ4v) is 2.18. The summed E-state index contributed by atoms with van der Waals surface area (Å²) in [4.78, 5) is 0. The summed E-state index contributed by atoms with van der Waals surface area (Å²) >= 11 is 0. The van der Waals surface area contributed by atoms with E-state index in [4.69, 9.17) is 9.47 Å². The molecule has 0 aliphatic carbocycles. The summed E-state index contributed by atoms with van der Waals surface area (Å²) in [6.07, 6.45) is 12.5. The molecule has 0 unspecified atom stereocenters. The molecule has 6 heteroatoms. The highest BCUT2D eigenvalue weighted by molar-refractivity contribution is 4.65. The molecular weight excluding hydrogens is 280 g/mol. The summed E-state index contributed by atoms with van der Waals surface area (Å²) < 4.78 is 19.7. The molecule has 122 valence electrons. The van der Waals surface area contributed by atoms with Gasteiger partial charge in [0.2, 0.25) is 12.7 Å². The van der Waals surface area contributed by atoms with E-state index >= 15 is 0 Å². The van der Waals surface area contributed by atoms with Gasteiger partial charge in [0.1, 0.15) is 37.9 Å². The average molecular weight is 308 g/mol. The summed E-state index contributed by atoms with van der Waals surface area (Å²) in [5.41, 5.74) is 0. The average Bonchev–Trinajstić information content (AvgIpc) is 3.18. The highest BCUT2D eigenvalue weighted by Crippen LogP contribution is 1.86. The molecule has 0 saturated heterocycles. The van der Waals surface area contributed by atoms with Crippen LogP contribution in [0.2, 0.25) is 0 Å². The van der Waals surface area contributed by atoms with E-state index in [9.17, 15) is 0 Å². The third-order valence-electron chi connectivity index (χ3n) is 3.58. The Labute approximate surface area is 132 Å². The molecule has 0 bridgehead atoms. The van der Waals surface area contributed by atoms with Crippen LogP contribution in [0.4, 0.5) is 0 Å². The zero-order valence-electron chi connectivity index (χ0n) is 13.7. The Bertz CT molecular complexity index is 487. The maximum atomic E-state index is 5.59. The lowest BCUT2D eigenvalue weighted by atomic mass is 10.6. The Morgan fingerprint density at radius 3 is 1.55 bits per heavy atom. The molecule has 22 heavy (non-hydrogen) atoms. The largest absolute Gasteiger partial charge is 0.375 e.